The van der Waals surface area contributed by atoms with E-state index in [1.54, 1.807) is 26.0 Å². The van der Waals surface area contributed by atoms with Crippen LogP contribution in [0, 0.1) is 17.3 Å². The lowest BCUT2D eigenvalue weighted by Crippen LogP contribution is -2.38. The maximum absolute atomic E-state index is 12.4. The predicted octanol–water partition coefficient (Wildman–Crippen LogP) is 1.81. The van der Waals surface area contributed by atoms with E-state index in [-0.39, 0.29) is 25.8 Å². The fourth-order valence-corrected chi connectivity index (χ4v) is 2.82. The molecule has 2 rings (SSSR count). The molecule has 0 radical (unpaired) electrons. The highest BCUT2D eigenvalue weighted by Gasteiger charge is 2.54. The first kappa shape index (κ1) is 20.2. The lowest BCUT2D eigenvalue weighted by molar-refractivity contribution is -0.163. The third-order valence-electron chi connectivity index (χ3n) is 4.78. The van der Waals surface area contributed by atoms with Gasteiger partial charge in [-0.15, -0.1) is 0 Å². The van der Waals surface area contributed by atoms with Crippen molar-refractivity contribution in [2.45, 2.75) is 39.4 Å². The second kappa shape index (κ2) is 8.49. The van der Waals surface area contributed by atoms with Gasteiger partial charge in [-0.1, -0.05) is 31.7 Å². The monoisotopic (exact) mass is 366 g/mol. The molecule has 4 atom stereocenters. The normalized spacial score (nSPS) is 26.4. The highest BCUT2D eigenvalue weighted by atomic mass is 16.6. The van der Waals surface area contributed by atoms with Crippen LogP contribution in [0.2, 0.25) is 0 Å². The molecule has 2 bridgehead atoms. The summed E-state index contributed by atoms with van der Waals surface area (Å²) in [5, 5.41) is 0. The van der Waals surface area contributed by atoms with Crippen LogP contribution in [0.3, 0.4) is 0 Å². The number of fused-ring (bicyclic) bond motifs is 2. The molecule has 7 nitrogen and oxygen atoms in total. The highest BCUT2D eigenvalue weighted by Crippen LogP contribution is 2.40. The van der Waals surface area contributed by atoms with E-state index in [0.29, 0.717) is 6.42 Å². The van der Waals surface area contributed by atoms with E-state index < -0.39 is 41.4 Å². The number of carbonyl (C=O) groups is 3. The summed E-state index contributed by atoms with van der Waals surface area (Å²) in [6.45, 7) is 8.94. The van der Waals surface area contributed by atoms with Gasteiger partial charge in [-0.25, -0.2) is 0 Å². The van der Waals surface area contributed by atoms with Gasteiger partial charge in [0.25, 0.3) is 0 Å². The first-order valence-corrected chi connectivity index (χ1v) is 8.77. The average molecular weight is 366 g/mol. The van der Waals surface area contributed by atoms with Crippen molar-refractivity contribution in [2.75, 3.05) is 19.8 Å². The maximum atomic E-state index is 12.4. The maximum Gasteiger partial charge on any atom is 0.313 e. The van der Waals surface area contributed by atoms with Gasteiger partial charge in [-0.05, 0) is 20.3 Å². The Morgan fingerprint density at radius 3 is 2.12 bits per heavy atom. The molecule has 0 aromatic rings. The summed E-state index contributed by atoms with van der Waals surface area (Å²) in [5.41, 5.74) is -0.576. The van der Waals surface area contributed by atoms with Crippen molar-refractivity contribution >= 4 is 17.9 Å². The van der Waals surface area contributed by atoms with Gasteiger partial charge in [-0.3, -0.25) is 14.4 Å². The summed E-state index contributed by atoms with van der Waals surface area (Å²) in [7, 11) is 0. The molecule has 2 aliphatic rings. The molecular weight excluding hydrogens is 340 g/mol. The van der Waals surface area contributed by atoms with Crippen LogP contribution in [0.25, 0.3) is 0 Å². The SMILES string of the molecule is C=CCOC(=O)C1C2C=CC(O2)C1C(=O)OCCOC(=O)C(C)(C)CC. The molecule has 0 saturated carbocycles. The molecule has 26 heavy (non-hydrogen) atoms. The van der Waals surface area contributed by atoms with E-state index in [1.807, 2.05) is 6.92 Å². The van der Waals surface area contributed by atoms with E-state index >= 15 is 0 Å². The lowest BCUT2D eigenvalue weighted by Gasteiger charge is -2.22. The summed E-state index contributed by atoms with van der Waals surface area (Å²) in [6.07, 6.45) is 4.62. The Balaban J connectivity index is 1.86. The lowest BCUT2D eigenvalue weighted by atomic mass is 9.83. The van der Waals surface area contributed by atoms with E-state index in [1.165, 1.54) is 6.08 Å². The van der Waals surface area contributed by atoms with Gasteiger partial charge < -0.3 is 18.9 Å². The van der Waals surface area contributed by atoms with Gasteiger partial charge >= 0.3 is 17.9 Å². The molecule has 2 heterocycles. The minimum atomic E-state index is -0.759. The Hall–Kier alpha value is -2.15. The molecule has 4 unspecified atom stereocenters. The zero-order chi connectivity index (χ0) is 19.3. The van der Waals surface area contributed by atoms with Gasteiger partial charge in [0, 0.05) is 0 Å². The van der Waals surface area contributed by atoms with Crippen molar-refractivity contribution in [1.82, 2.24) is 0 Å². The standard InChI is InChI=1S/C19H26O7/c1-5-9-23-16(20)14-12-7-8-13(26-12)15(14)17(21)24-10-11-25-18(22)19(3,4)6-2/h5,7-8,12-15H,1,6,9-11H2,2-4H3. The van der Waals surface area contributed by atoms with Crippen LogP contribution in [0.1, 0.15) is 27.2 Å². The van der Waals surface area contributed by atoms with E-state index in [9.17, 15) is 14.4 Å². The topological polar surface area (TPSA) is 88.1 Å². The number of esters is 3. The number of hydrogen-bond acceptors (Lipinski definition) is 7. The molecule has 1 saturated heterocycles. The van der Waals surface area contributed by atoms with Gasteiger partial charge in [-0.2, -0.15) is 0 Å². The van der Waals surface area contributed by atoms with E-state index in [4.69, 9.17) is 18.9 Å². The minimum absolute atomic E-state index is 0.0307. The predicted molar refractivity (Wildman–Crippen MR) is 91.9 cm³/mol. The Kier molecular flexibility index (Phi) is 6.58. The van der Waals surface area contributed by atoms with Gasteiger partial charge in [0.15, 0.2) is 0 Å². The number of ether oxygens (including phenoxy) is 4. The third-order valence-corrected chi connectivity index (χ3v) is 4.78. The Morgan fingerprint density at radius 1 is 1.04 bits per heavy atom. The smallest absolute Gasteiger partial charge is 0.313 e. The number of carbonyl (C=O) groups excluding carboxylic acids is 3. The summed E-state index contributed by atoms with van der Waals surface area (Å²) in [5.74, 6) is -2.91. The average Bonchev–Trinajstić information content (AvgIpc) is 3.24. The van der Waals surface area contributed by atoms with E-state index in [2.05, 4.69) is 6.58 Å². The van der Waals surface area contributed by atoms with Crippen molar-refractivity contribution in [1.29, 1.82) is 0 Å². The Morgan fingerprint density at radius 2 is 1.58 bits per heavy atom. The second-order valence-electron chi connectivity index (χ2n) is 6.96. The van der Waals surface area contributed by atoms with Crippen molar-refractivity contribution < 1.29 is 33.3 Å². The zero-order valence-corrected chi connectivity index (χ0v) is 15.4. The summed E-state index contributed by atoms with van der Waals surface area (Å²) in [4.78, 5) is 36.5. The first-order valence-electron chi connectivity index (χ1n) is 8.77. The largest absolute Gasteiger partial charge is 0.462 e. The Labute approximate surface area is 153 Å². The van der Waals surface area contributed by atoms with Crippen LogP contribution in [0.5, 0.6) is 0 Å². The van der Waals surface area contributed by atoms with Gasteiger partial charge in [0.2, 0.25) is 0 Å². The summed E-state index contributed by atoms with van der Waals surface area (Å²) in [6, 6.07) is 0. The van der Waals surface area contributed by atoms with Crippen molar-refractivity contribution in [3.05, 3.63) is 24.8 Å². The fraction of sp³-hybridized carbons (Fsp3) is 0.632. The highest BCUT2D eigenvalue weighted by molar-refractivity contribution is 5.85. The molecular formula is C19H26O7. The molecule has 0 aromatic heterocycles. The zero-order valence-electron chi connectivity index (χ0n) is 15.4. The molecule has 0 amide bonds. The van der Waals surface area contributed by atoms with E-state index in [0.717, 1.165) is 0 Å². The van der Waals surface area contributed by atoms with Gasteiger partial charge in [0.1, 0.15) is 31.7 Å². The van der Waals surface area contributed by atoms with Crippen LogP contribution in [-0.4, -0.2) is 49.9 Å². The first-order chi connectivity index (χ1) is 12.3. The summed E-state index contributed by atoms with van der Waals surface area (Å²) < 4.78 is 21.0. The second-order valence-corrected chi connectivity index (χ2v) is 6.96. The molecule has 1 fully saturated rings. The quantitative estimate of drug-likeness (QED) is 0.266. The fourth-order valence-electron chi connectivity index (χ4n) is 2.82. The van der Waals surface area contributed by atoms with Crippen LogP contribution in [0.4, 0.5) is 0 Å². The van der Waals surface area contributed by atoms with Crippen LogP contribution in [0.15, 0.2) is 24.8 Å². The number of hydrogen-bond donors (Lipinski definition) is 0. The molecule has 144 valence electrons. The molecule has 0 aromatic carbocycles. The minimum Gasteiger partial charge on any atom is -0.462 e. The number of rotatable bonds is 9. The van der Waals surface area contributed by atoms with Crippen LogP contribution < -0.4 is 0 Å². The molecule has 7 heteroatoms. The third kappa shape index (κ3) is 4.33. The Bertz CT molecular complexity index is 593. The molecule has 0 aliphatic carbocycles. The van der Waals surface area contributed by atoms with Gasteiger partial charge in [0.05, 0.1) is 17.6 Å². The van der Waals surface area contributed by atoms with Crippen molar-refractivity contribution in [2.24, 2.45) is 17.3 Å². The van der Waals surface area contributed by atoms with Crippen LogP contribution >= 0.6 is 0 Å². The molecule has 0 spiro atoms. The molecule has 0 N–H and O–H groups in total. The van der Waals surface area contributed by atoms with Crippen LogP contribution in [-0.2, 0) is 33.3 Å². The van der Waals surface area contributed by atoms with Crippen molar-refractivity contribution in [3.63, 3.8) is 0 Å². The van der Waals surface area contributed by atoms with Crippen molar-refractivity contribution in [3.8, 4) is 0 Å². The molecule has 2 aliphatic heterocycles. The summed E-state index contributed by atoms with van der Waals surface area (Å²) >= 11 is 0.